The summed E-state index contributed by atoms with van der Waals surface area (Å²) in [7, 11) is 0. The topological polar surface area (TPSA) is 113 Å². The number of aromatic carboxylic acids is 1. The van der Waals surface area contributed by atoms with E-state index in [-0.39, 0.29) is 17.7 Å². The van der Waals surface area contributed by atoms with Crippen LogP contribution < -0.4 is 15.0 Å². The standard InChI is InChI=1S/C27H21BrN2O6/c1-2-16-5-10-20(11-6-16)30-25(32)21(24(31)29-27(30)35)13-18-7-12-23(22(28)14-18)36-15-17-3-8-19(9-4-17)26(33)34/h3-14H,2,15H2,1H3,(H,33,34)(H,29,31,35). The number of hydrogen-bond donors (Lipinski definition) is 2. The van der Waals surface area contributed by atoms with E-state index < -0.39 is 23.8 Å². The summed E-state index contributed by atoms with van der Waals surface area (Å²) in [6.07, 6.45) is 2.23. The fourth-order valence-corrected chi connectivity index (χ4v) is 4.08. The minimum absolute atomic E-state index is 0.173. The Morgan fingerprint density at radius 1 is 1.00 bits per heavy atom. The average molecular weight is 549 g/mol. The van der Waals surface area contributed by atoms with Crippen LogP contribution >= 0.6 is 15.9 Å². The van der Waals surface area contributed by atoms with Crippen LogP contribution in [0.3, 0.4) is 0 Å². The van der Waals surface area contributed by atoms with E-state index in [0.29, 0.717) is 21.5 Å². The molecule has 3 aromatic carbocycles. The number of aryl methyl sites for hydroxylation is 1. The molecule has 4 rings (SSSR count). The van der Waals surface area contributed by atoms with Crippen molar-refractivity contribution in [2.24, 2.45) is 0 Å². The second-order valence-corrected chi connectivity index (χ2v) is 8.81. The van der Waals surface area contributed by atoms with Crippen molar-refractivity contribution in [1.29, 1.82) is 0 Å². The second kappa shape index (κ2) is 10.6. The molecule has 0 aliphatic carbocycles. The molecule has 0 saturated carbocycles. The maximum absolute atomic E-state index is 13.1. The number of anilines is 1. The first kappa shape index (κ1) is 24.9. The van der Waals surface area contributed by atoms with E-state index >= 15 is 0 Å². The van der Waals surface area contributed by atoms with E-state index in [1.165, 1.54) is 18.2 Å². The van der Waals surface area contributed by atoms with Crippen molar-refractivity contribution in [2.45, 2.75) is 20.0 Å². The number of amides is 4. The first-order valence-corrected chi connectivity index (χ1v) is 11.8. The van der Waals surface area contributed by atoms with Crippen molar-refractivity contribution in [1.82, 2.24) is 5.32 Å². The van der Waals surface area contributed by atoms with Gasteiger partial charge in [-0.3, -0.25) is 14.9 Å². The Morgan fingerprint density at radius 3 is 2.28 bits per heavy atom. The quantitative estimate of drug-likeness (QED) is 0.319. The zero-order valence-electron chi connectivity index (χ0n) is 19.2. The Balaban J connectivity index is 1.52. The minimum atomic E-state index is -0.998. The lowest BCUT2D eigenvalue weighted by Gasteiger charge is -2.26. The van der Waals surface area contributed by atoms with Gasteiger partial charge in [0, 0.05) is 0 Å². The Bertz CT molecular complexity index is 1380. The van der Waals surface area contributed by atoms with Crippen LogP contribution in [0, 0.1) is 0 Å². The Kier molecular flexibility index (Phi) is 7.30. The lowest BCUT2D eigenvalue weighted by molar-refractivity contribution is -0.122. The highest BCUT2D eigenvalue weighted by Gasteiger charge is 2.36. The molecule has 182 valence electrons. The summed E-state index contributed by atoms with van der Waals surface area (Å²) < 4.78 is 6.39. The van der Waals surface area contributed by atoms with E-state index in [0.717, 1.165) is 22.4 Å². The van der Waals surface area contributed by atoms with Crippen molar-refractivity contribution in [2.75, 3.05) is 4.90 Å². The lowest BCUT2D eigenvalue weighted by atomic mass is 10.1. The molecule has 0 unspecified atom stereocenters. The monoisotopic (exact) mass is 548 g/mol. The highest BCUT2D eigenvalue weighted by Crippen LogP contribution is 2.29. The molecule has 0 spiro atoms. The number of halogens is 1. The number of benzene rings is 3. The van der Waals surface area contributed by atoms with Crippen molar-refractivity contribution < 1.29 is 29.0 Å². The normalized spacial score (nSPS) is 14.7. The van der Waals surface area contributed by atoms with Crippen LogP contribution in [0.25, 0.3) is 6.08 Å². The number of rotatable bonds is 7. The molecule has 1 saturated heterocycles. The van der Waals surface area contributed by atoms with Crippen LogP contribution in [0.5, 0.6) is 5.75 Å². The Morgan fingerprint density at radius 2 is 1.67 bits per heavy atom. The summed E-state index contributed by atoms with van der Waals surface area (Å²) in [5.41, 5.74) is 2.79. The SMILES string of the molecule is CCc1ccc(N2C(=O)NC(=O)C(=Cc3ccc(OCc4ccc(C(=O)O)cc4)c(Br)c3)C2=O)cc1. The van der Waals surface area contributed by atoms with Gasteiger partial charge in [0.25, 0.3) is 11.8 Å². The molecule has 36 heavy (non-hydrogen) atoms. The van der Waals surface area contributed by atoms with Crippen molar-refractivity contribution in [3.05, 3.63) is 99.0 Å². The molecule has 1 heterocycles. The predicted molar refractivity (Wildman–Crippen MR) is 137 cm³/mol. The van der Waals surface area contributed by atoms with Gasteiger partial charge in [-0.15, -0.1) is 0 Å². The first-order valence-electron chi connectivity index (χ1n) is 11.0. The van der Waals surface area contributed by atoms with Crippen LogP contribution in [-0.4, -0.2) is 28.9 Å². The van der Waals surface area contributed by atoms with E-state index in [9.17, 15) is 19.2 Å². The molecule has 9 heteroatoms. The number of nitrogens with zero attached hydrogens (tertiary/aromatic N) is 1. The summed E-state index contributed by atoms with van der Waals surface area (Å²) in [6, 6.07) is 17.6. The molecular formula is C27H21BrN2O6. The third-order valence-corrected chi connectivity index (χ3v) is 6.19. The Hall–Kier alpha value is -4.24. The lowest BCUT2D eigenvalue weighted by Crippen LogP contribution is -2.54. The van der Waals surface area contributed by atoms with Crippen molar-refractivity contribution in [3.8, 4) is 5.75 Å². The molecule has 0 bridgehead atoms. The second-order valence-electron chi connectivity index (χ2n) is 7.96. The first-order chi connectivity index (χ1) is 17.3. The predicted octanol–water partition coefficient (Wildman–Crippen LogP) is 4.96. The van der Waals surface area contributed by atoms with Gasteiger partial charge in [-0.05, 0) is 81.5 Å². The number of nitrogens with one attached hydrogen (secondary N) is 1. The molecule has 1 aliphatic rings. The fourth-order valence-electron chi connectivity index (χ4n) is 3.57. The Labute approximate surface area is 215 Å². The molecule has 4 amide bonds. The van der Waals surface area contributed by atoms with Crippen LogP contribution in [0.4, 0.5) is 10.5 Å². The van der Waals surface area contributed by atoms with E-state index in [4.69, 9.17) is 9.84 Å². The van der Waals surface area contributed by atoms with Crippen LogP contribution in [0.1, 0.15) is 34.0 Å². The summed E-state index contributed by atoms with van der Waals surface area (Å²) in [6.45, 7) is 2.22. The number of carbonyl (C=O) groups is 4. The third kappa shape index (κ3) is 5.36. The van der Waals surface area contributed by atoms with Gasteiger partial charge in [-0.25, -0.2) is 14.5 Å². The average Bonchev–Trinajstić information content (AvgIpc) is 2.86. The number of hydrogen-bond acceptors (Lipinski definition) is 5. The summed E-state index contributed by atoms with van der Waals surface area (Å²) in [5, 5.41) is 11.2. The highest BCUT2D eigenvalue weighted by molar-refractivity contribution is 9.10. The number of barbiturate groups is 1. The molecule has 1 fully saturated rings. The van der Waals surface area contributed by atoms with Gasteiger partial charge in [-0.1, -0.05) is 37.3 Å². The molecular weight excluding hydrogens is 528 g/mol. The molecule has 3 aromatic rings. The number of imide groups is 2. The third-order valence-electron chi connectivity index (χ3n) is 5.57. The zero-order valence-corrected chi connectivity index (χ0v) is 20.7. The van der Waals surface area contributed by atoms with Crippen LogP contribution in [-0.2, 0) is 22.6 Å². The maximum atomic E-state index is 13.1. The van der Waals surface area contributed by atoms with Crippen molar-refractivity contribution in [3.63, 3.8) is 0 Å². The summed E-state index contributed by atoms with van der Waals surface area (Å²) in [5.74, 6) is -1.96. The fraction of sp³-hybridized carbons (Fsp3) is 0.111. The molecule has 8 nitrogen and oxygen atoms in total. The summed E-state index contributed by atoms with van der Waals surface area (Å²) >= 11 is 3.44. The van der Waals surface area contributed by atoms with Crippen LogP contribution in [0.15, 0.2) is 76.8 Å². The summed E-state index contributed by atoms with van der Waals surface area (Å²) in [4.78, 5) is 49.9. The zero-order chi connectivity index (χ0) is 25.8. The van der Waals surface area contributed by atoms with Gasteiger partial charge in [0.15, 0.2) is 0 Å². The number of carboxylic acid groups (broad SMARTS) is 1. The highest BCUT2D eigenvalue weighted by atomic mass is 79.9. The van der Waals surface area contributed by atoms with Crippen molar-refractivity contribution >= 4 is 51.5 Å². The molecule has 0 aromatic heterocycles. The smallest absolute Gasteiger partial charge is 0.335 e. The number of carboxylic acids is 1. The van der Waals surface area contributed by atoms with Gasteiger partial charge in [0.1, 0.15) is 17.9 Å². The van der Waals surface area contributed by atoms with E-state index in [2.05, 4.69) is 21.2 Å². The molecule has 2 N–H and O–H groups in total. The molecule has 0 atom stereocenters. The largest absolute Gasteiger partial charge is 0.488 e. The van der Waals surface area contributed by atoms with Gasteiger partial charge < -0.3 is 9.84 Å². The minimum Gasteiger partial charge on any atom is -0.488 e. The van der Waals surface area contributed by atoms with Crippen LogP contribution in [0.2, 0.25) is 0 Å². The van der Waals surface area contributed by atoms with Gasteiger partial charge >= 0.3 is 12.0 Å². The number of urea groups is 1. The number of ether oxygens (including phenoxy) is 1. The van der Waals surface area contributed by atoms with E-state index in [1.807, 2.05) is 19.1 Å². The maximum Gasteiger partial charge on any atom is 0.335 e. The molecule has 0 radical (unpaired) electrons. The van der Waals surface area contributed by atoms with Gasteiger partial charge in [-0.2, -0.15) is 0 Å². The van der Waals surface area contributed by atoms with Gasteiger partial charge in [0.2, 0.25) is 0 Å². The van der Waals surface area contributed by atoms with E-state index in [1.54, 1.807) is 42.5 Å². The molecule has 1 aliphatic heterocycles. The van der Waals surface area contributed by atoms with Gasteiger partial charge in [0.05, 0.1) is 15.7 Å². The number of carbonyl (C=O) groups excluding carboxylic acids is 3.